The number of carbonyl (C=O) groups is 3. The maximum Gasteiger partial charge on any atom is 0.416 e. The van der Waals surface area contributed by atoms with Gasteiger partial charge in [-0.2, -0.15) is 13.2 Å². The topological polar surface area (TPSA) is 94.2 Å². The van der Waals surface area contributed by atoms with E-state index in [-0.39, 0.29) is 36.0 Å². The molecule has 0 bridgehead atoms. The minimum absolute atomic E-state index is 0.0200. The molecule has 35 heavy (non-hydrogen) atoms. The molecular formula is C23H30F3N5O4. The van der Waals surface area contributed by atoms with Gasteiger partial charge >= 0.3 is 24.2 Å². The van der Waals surface area contributed by atoms with Gasteiger partial charge in [0, 0.05) is 52.0 Å². The van der Waals surface area contributed by atoms with E-state index in [9.17, 15) is 27.6 Å². The van der Waals surface area contributed by atoms with Crippen LogP contribution in [0.4, 0.5) is 22.8 Å². The Balaban J connectivity index is 1.98. The molecule has 1 atom stereocenters. The van der Waals surface area contributed by atoms with Crippen molar-refractivity contribution in [2.75, 3.05) is 52.9 Å². The zero-order valence-corrected chi connectivity index (χ0v) is 19.9. The predicted octanol–water partition coefficient (Wildman–Crippen LogP) is 2.57. The molecular weight excluding hydrogens is 467 g/mol. The van der Waals surface area contributed by atoms with Gasteiger partial charge in [-0.05, 0) is 25.5 Å². The third kappa shape index (κ3) is 5.87. The fourth-order valence-corrected chi connectivity index (χ4v) is 4.22. The highest BCUT2D eigenvalue weighted by Crippen LogP contribution is 2.39. The number of urea groups is 2. The Morgan fingerprint density at radius 2 is 1.80 bits per heavy atom. The van der Waals surface area contributed by atoms with Crippen molar-refractivity contribution in [2.24, 2.45) is 0 Å². The molecule has 1 aromatic carbocycles. The molecule has 1 fully saturated rings. The van der Waals surface area contributed by atoms with Crippen molar-refractivity contribution in [3.63, 3.8) is 0 Å². The van der Waals surface area contributed by atoms with E-state index in [0.29, 0.717) is 32.7 Å². The van der Waals surface area contributed by atoms with Gasteiger partial charge in [0.1, 0.15) is 0 Å². The molecule has 2 N–H and O–H groups in total. The molecule has 0 aromatic heterocycles. The summed E-state index contributed by atoms with van der Waals surface area (Å²) in [7, 11) is 1.46. The Morgan fingerprint density at radius 3 is 2.40 bits per heavy atom. The summed E-state index contributed by atoms with van der Waals surface area (Å²) in [5, 5.41) is 5.28. The number of alkyl halides is 3. The smallest absolute Gasteiger partial charge is 0.416 e. The lowest BCUT2D eigenvalue weighted by Gasteiger charge is -2.39. The van der Waals surface area contributed by atoms with E-state index in [1.165, 1.54) is 30.1 Å². The lowest BCUT2D eigenvalue weighted by atomic mass is 9.90. The summed E-state index contributed by atoms with van der Waals surface area (Å²) in [6.45, 7) is 5.89. The zero-order valence-electron chi connectivity index (χ0n) is 19.9. The van der Waals surface area contributed by atoms with Crippen LogP contribution in [0.25, 0.3) is 0 Å². The molecule has 1 saturated heterocycles. The van der Waals surface area contributed by atoms with Gasteiger partial charge in [0.2, 0.25) is 0 Å². The van der Waals surface area contributed by atoms with E-state index >= 15 is 0 Å². The fraction of sp³-hybridized carbons (Fsp3) is 0.522. The van der Waals surface area contributed by atoms with E-state index in [1.807, 2.05) is 11.8 Å². The quantitative estimate of drug-likeness (QED) is 0.590. The maximum atomic E-state index is 13.8. The standard InChI is InChI=1S/C23H30F3N5O4/c1-4-27-21(33)31-12-10-30(11-13-31)14-17-18(20(32)35-5-2)19(28-22(34)29(17)3)15-8-6-7-9-16(15)23(24,25)26/h6-9,19H,4-5,10-14H2,1-3H3,(H,27,33)(H,28,34)/t19-/m1/s1. The van der Waals surface area contributed by atoms with Crippen LogP contribution >= 0.6 is 0 Å². The minimum atomic E-state index is -4.68. The normalized spacial score (nSPS) is 19.5. The van der Waals surface area contributed by atoms with E-state index in [2.05, 4.69) is 10.6 Å². The first-order valence-electron chi connectivity index (χ1n) is 11.4. The van der Waals surface area contributed by atoms with Crippen LogP contribution in [-0.2, 0) is 15.7 Å². The third-order valence-corrected chi connectivity index (χ3v) is 6.01. The number of halogens is 3. The number of esters is 1. The molecule has 12 heteroatoms. The first kappa shape index (κ1) is 26.3. The molecule has 1 aromatic rings. The molecule has 2 heterocycles. The molecule has 9 nitrogen and oxygen atoms in total. The molecule has 0 saturated carbocycles. The Hall–Kier alpha value is -3.28. The number of nitrogens with zero attached hydrogens (tertiary/aromatic N) is 3. The molecule has 3 rings (SSSR count). The van der Waals surface area contributed by atoms with Gasteiger partial charge in [-0.1, -0.05) is 18.2 Å². The second kappa shape index (κ2) is 11.0. The highest BCUT2D eigenvalue weighted by atomic mass is 19.4. The number of ether oxygens (including phenoxy) is 1. The zero-order chi connectivity index (χ0) is 25.8. The van der Waals surface area contributed by atoms with Crippen LogP contribution < -0.4 is 10.6 Å². The lowest BCUT2D eigenvalue weighted by Crippen LogP contribution is -2.54. The molecule has 192 valence electrons. The van der Waals surface area contributed by atoms with Crippen LogP contribution in [0.2, 0.25) is 0 Å². The Bertz CT molecular complexity index is 990. The SMILES string of the molecule is CCNC(=O)N1CCN(CC2=C(C(=O)OCC)[C@@H](c3ccccc3C(F)(F)F)NC(=O)N2C)CC1. The van der Waals surface area contributed by atoms with Crippen LogP contribution in [-0.4, -0.2) is 85.7 Å². The van der Waals surface area contributed by atoms with E-state index in [1.54, 1.807) is 11.8 Å². The molecule has 2 aliphatic heterocycles. The Kier molecular flexibility index (Phi) is 8.26. The number of piperazine rings is 1. The first-order chi connectivity index (χ1) is 16.6. The summed E-state index contributed by atoms with van der Waals surface area (Å²) in [5.41, 5.74) is -0.952. The number of nitrogens with one attached hydrogen (secondary N) is 2. The second-order valence-corrected chi connectivity index (χ2v) is 8.21. The van der Waals surface area contributed by atoms with Crippen LogP contribution in [0, 0.1) is 0 Å². The van der Waals surface area contributed by atoms with Gasteiger partial charge in [0.25, 0.3) is 0 Å². The fourth-order valence-electron chi connectivity index (χ4n) is 4.22. The van der Waals surface area contributed by atoms with Gasteiger partial charge in [-0.25, -0.2) is 14.4 Å². The highest BCUT2D eigenvalue weighted by Gasteiger charge is 2.42. The summed E-state index contributed by atoms with van der Waals surface area (Å²) in [6.07, 6.45) is -4.68. The van der Waals surface area contributed by atoms with Gasteiger partial charge in [-0.3, -0.25) is 9.80 Å². The average Bonchev–Trinajstić information content (AvgIpc) is 2.82. The number of likely N-dealkylation sites (N-methyl/N-ethyl adjacent to an activating group) is 1. The van der Waals surface area contributed by atoms with Gasteiger partial charge in [0.15, 0.2) is 0 Å². The Labute approximate surface area is 201 Å². The van der Waals surface area contributed by atoms with Crippen molar-refractivity contribution in [3.8, 4) is 0 Å². The van der Waals surface area contributed by atoms with Crippen LogP contribution in [0.15, 0.2) is 35.5 Å². The molecule has 0 radical (unpaired) electrons. The van der Waals surface area contributed by atoms with E-state index in [0.717, 1.165) is 6.07 Å². The van der Waals surface area contributed by atoms with Crippen molar-refractivity contribution >= 4 is 18.0 Å². The summed E-state index contributed by atoms with van der Waals surface area (Å²) >= 11 is 0. The number of rotatable bonds is 6. The largest absolute Gasteiger partial charge is 0.463 e. The van der Waals surface area contributed by atoms with E-state index in [4.69, 9.17) is 4.74 Å². The van der Waals surface area contributed by atoms with Crippen LogP contribution in [0.5, 0.6) is 0 Å². The minimum Gasteiger partial charge on any atom is -0.463 e. The van der Waals surface area contributed by atoms with Crippen molar-refractivity contribution in [3.05, 3.63) is 46.7 Å². The number of carbonyl (C=O) groups excluding carboxylic acids is 3. The Morgan fingerprint density at radius 1 is 1.14 bits per heavy atom. The van der Waals surface area contributed by atoms with Crippen LogP contribution in [0.1, 0.15) is 31.0 Å². The van der Waals surface area contributed by atoms with Crippen molar-refractivity contribution < 1.29 is 32.3 Å². The average molecular weight is 498 g/mol. The van der Waals surface area contributed by atoms with Gasteiger partial charge < -0.3 is 20.3 Å². The molecule has 0 aliphatic carbocycles. The first-order valence-corrected chi connectivity index (χ1v) is 11.4. The molecule has 4 amide bonds. The van der Waals surface area contributed by atoms with E-state index < -0.39 is 29.8 Å². The summed E-state index contributed by atoms with van der Waals surface area (Å²) in [6, 6.07) is 2.73. The monoisotopic (exact) mass is 497 g/mol. The van der Waals surface area contributed by atoms with Crippen LogP contribution in [0.3, 0.4) is 0 Å². The number of hydrogen-bond acceptors (Lipinski definition) is 5. The number of hydrogen-bond donors (Lipinski definition) is 2. The predicted molar refractivity (Wildman–Crippen MR) is 121 cm³/mol. The van der Waals surface area contributed by atoms with Gasteiger partial charge in [-0.15, -0.1) is 0 Å². The summed E-state index contributed by atoms with van der Waals surface area (Å²) in [5.74, 6) is -0.794. The molecule has 0 spiro atoms. The molecule has 0 unspecified atom stereocenters. The summed E-state index contributed by atoms with van der Waals surface area (Å²) < 4.78 is 46.5. The van der Waals surface area contributed by atoms with Gasteiger partial charge in [0.05, 0.1) is 23.8 Å². The number of amides is 4. The van der Waals surface area contributed by atoms with Crippen molar-refractivity contribution in [2.45, 2.75) is 26.1 Å². The van der Waals surface area contributed by atoms with Crippen molar-refractivity contribution in [1.29, 1.82) is 0 Å². The third-order valence-electron chi connectivity index (χ3n) is 6.01. The number of benzene rings is 1. The lowest BCUT2D eigenvalue weighted by molar-refractivity contribution is -0.141. The second-order valence-electron chi connectivity index (χ2n) is 8.21. The summed E-state index contributed by atoms with van der Waals surface area (Å²) in [4.78, 5) is 42.8. The van der Waals surface area contributed by atoms with Crippen molar-refractivity contribution in [1.82, 2.24) is 25.3 Å². The molecule has 2 aliphatic rings. The maximum absolute atomic E-state index is 13.8. The highest BCUT2D eigenvalue weighted by molar-refractivity contribution is 5.95.